The molecule has 0 radical (unpaired) electrons. The van der Waals surface area contributed by atoms with Crippen molar-refractivity contribution in [2.75, 3.05) is 31.5 Å². The summed E-state index contributed by atoms with van der Waals surface area (Å²) in [5.74, 6) is 0.210. The van der Waals surface area contributed by atoms with Crippen LogP contribution in [0.2, 0.25) is 5.02 Å². The molecule has 2 aromatic rings. The van der Waals surface area contributed by atoms with Gasteiger partial charge in [0.25, 0.3) is 5.91 Å². The molecule has 0 bridgehead atoms. The number of benzene rings is 1. The zero-order valence-corrected chi connectivity index (χ0v) is 15.6. The summed E-state index contributed by atoms with van der Waals surface area (Å²) in [6.45, 7) is 3.62. The summed E-state index contributed by atoms with van der Waals surface area (Å²) in [6, 6.07) is 15.5. The van der Waals surface area contributed by atoms with Crippen LogP contribution >= 0.6 is 11.6 Å². The van der Waals surface area contributed by atoms with Crippen LogP contribution in [-0.4, -0.2) is 46.9 Å². The number of pyridine rings is 1. The van der Waals surface area contributed by atoms with Crippen molar-refractivity contribution in [2.45, 2.75) is 6.54 Å². The molecule has 0 spiro atoms. The molecule has 27 heavy (non-hydrogen) atoms. The molecule has 1 aliphatic rings. The van der Waals surface area contributed by atoms with E-state index in [4.69, 9.17) is 11.6 Å². The lowest BCUT2D eigenvalue weighted by atomic mass is 10.2. The molecule has 7 heteroatoms. The number of nitriles is 1. The minimum atomic E-state index is -0.272. The number of amides is 1. The molecule has 6 nitrogen and oxygen atoms in total. The molecule has 1 aromatic carbocycles. The Morgan fingerprint density at radius 3 is 2.63 bits per heavy atom. The highest BCUT2D eigenvalue weighted by Crippen LogP contribution is 2.13. The maximum atomic E-state index is 12.6. The molecule has 138 valence electrons. The molecule has 1 fully saturated rings. The van der Waals surface area contributed by atoms with E-state index in [0.29, 0.717) is 23.9 Å². The summed E-state index contributed by atoms with van der Waals surface area (Å²) in [6.07, 6.45) is 2.94. The number of piperazine rings is 1. The third-order valence-corrected chi connectivity index (χ3v) is 4.58. The van der Waals surface area contributed by atoms with Crippen LogP contribution in [0, 0.1) is 11.3 Å². The van der Waals surface area contributed by atoms with Gasteiger partial charge in [0, 0.05) is 50.1 Å². The van der Waals surface area contributed by atoms with Gasteiger partial charge in [0.05, 0.1) is 0 Å². The Balaban J connectivity index is 1.55. The van der Waals surface area contributed by atoms with Gasteiger partial charge in [-0.3, -0.25) is 9.69 Å². The number of carbonyl (C=O) groups is 1. The minimum absolute atomic E-state index is 0.0493. The number of aromatic nitrogens is 1. The number of nitrogens with zero attached hydrogens (tertiary/aromatic N) is 4. The van der Waals surface area contributed by atoms with Gasteiger partial charge in [-0.05, 0) is 17.7 Å². The normalized spacial score (nSPS) is 15.3. The highest BCUT2D eigenvalue weighted by atomic mass is 35.5. The predicted molar refractivity (Wildman–Crippen MR) is 105 cm³/mol. The van der Waals surface area contributed by atoms with Gasteiger partial charge in [-0.1, -0.05) is 41.9 Å². The van der Waals surface area contributed by atoms with Crippen molar-refractivity contribution in [2.24, 2.45) is 0 Å². The van der Waals surface area contributed by atoms with Crippen LogP contribution in [0.15, 0.2) is 60.4 Å². The maximum Gasteiger partial charge on any atom is 0.266 e. The maximum absolute atomic E-state index is 12.6. The molecule has 2 heterocycles. The fourth-order valence-corrected chi connectivity index (χ4v) is 3.05. The van der Waals surface area contributed by atoms with Gasteiger partial charge < -0.3 is 10.2 Å². The fourth-order valence-electron chi connectivity index (χ4n) is 2.89. The first-order valence-corrected chi connectivity index (χ1v) is 9.07. The van der Waals surface area contributed by atoms with Gasteiger partial charge in [0.1, 0.15) is 17.5 Å². The van der Waals surface area contributed by atoms with Crippen LogP contribution in [0.25, 0.3) is 0 Å². The van der Waals surface area contributed by atoms with Gasteiger partial charge in [-0.15, -0.1) is 0 Å². The number of halogens is 1. The molecular formula is C20H20ClN5O. The van der Waals surface area contributed by atoms with Crippen molar-refractivity contribution < 1.29 is 4.79 Å². The highest BCUT2D eigenvalue weighted by molar-refractivity contribution is 6.30. The molecule has 0 atom stereocenters. The zero-order valence-electron chi connectivity index (χ0n) is 14.8. The third-order valence-electron chi connectivity index (χ3n) is 4.35. The van der Waals surface area contributed by atoms with Gasteiger partial charge in [0.15, 0.2) is 0 Å². The van der Waals surface area contributed by atoms with Crippen LogP contribution in [0.3, 0.4) is 0 Å². The van der Waals surface area contributed by atoms with Crippen molar-refractivity contribution in [1.82, 2.24) is 14.8 Å². The van der Waals surface area contributed by atoms with Crippen molar-refractivity contribution in [3.8, 4) is 6.07 Å². The topological polar surface area (TPSA) is 72.3 Å². The van der Waals surface area contributed by atoms with E-state index in [1.165, 1.54) is 11.8 Å². The van der Waals surface area contributed by atoms with E-state index in [1.54, 1.807) is 23.2 Å². The highest BCUT2D eigenvalue weighted by Gasteiger charge is 2.23. The van der Waals surface area contributed by atoms with Crippen LogP contribution in [0.5, 0.6) is 0 Å². The second-order valence-electron chi connectivity index (χ2n) is 6.23. The second kappa shape index (κ2) is 9.17. The SMILES string of the molecule is N#C/C(=C/Nc1cc(Cl)ccn1)C(=O)N1CCN(Cc2ccccc2)CC1. The number of anilines is 1. The quantitative estimate of drug-likeness (QED) is 0.636. The first kappa shape index (κ1) is 18.9. The molecule has 0 saturated carbocycles. The molecular weight excluding hydrogens is 362 g/mol. The van der Waals surface area contributed by atoms with Gasteiger partial charge in [0.2, 0.25) is 0 Å². The average molecular weight is 382 g/mol. The molecule has 0 unspecified atom stereocenters. The summed E-state index contributed by atoms with van der Waals surface area (Å²) in [7, 11) is 0. The first-order valence-electron chi connectivity index (χ1n) is 8.69. The van der Waals surface area contributed by atoms with Crippen molar-refractivity contribution in [1.29, 1.82) is 5.26 Å². The molecule has 1 saturated heterocycles. The Morgan fingerprint density at radius 1 is 1.22 bits per heavy atom. The van der Waals surface area contributed by atoms with Crippen LogP contribution in [0.1, 0.15) is 5.56 Å². The predicted octanol–water partition coefficient (Wildman–Crippen LogP) is 2.90. The van der Waals surface area contributed by atoms with E-state index >= 15 is 0 Å². The van der Waals surface area contributed by atoms with Crippen molar-refractivity contribution in [3.05, 3.63) is 71.0 Å². The van der Waals surface area contributed by atoms with Crippen LogP contribution in [0.4, 0.5) is 5.82 Å². The van der Waals surface area contributed by atoms with Crippen LogP contribution < -0.4 is 5.32 Å². The number of carbonyl (C=O) groups excluding carboxylic acids is 1. The molecule has 3 rings (SSSR count). The lowest BCUT2D eigenvalue weighted by molar-refractivity contribution is -0.128. The summed E-state index contributed by atoms with van der Waals surface area (Å²) in [5.41, 5.74) is 1.31. The fraction of sp³-hybridized carbons (Fsp3) is 0.250. The Bertz CT molecular complexity index is 854. The lowest BCUT2D eigenvalue weighted by Gasteiger charge is -2.34. The van der Waals surface area contributed by atoms with E-state index < -0.39 is 0 Å². The average Bonchev–Trinajstić information content (AvgIpc) is 2.70. The third kappa shape index (κ3) is 5.30. The largest absolute Gasteiger partial charge is 0.345 e. The first-order chi connectivity index (χ1) is 13.2. The van der Waals surface area contributed by atoms with E-state index in [1.807, 2.05) is 24.3 Å². The molecule has 1 N–H and O–H groups in total. The molecule has 0 aliphatic carbocycles. The summed E-state index contributed by atoms with van der Waals surface area (Å²) < 4.78 is 0. The Morgan fingerprint density at radius 2 is 1.96 bits per heavy atom. The zero-order chi connectivity index (χ0) is 19.1. The van der Waals surface area contributed by atoms with Gasteiger partial charge >= 0.3 is 0 Å². The minimum Gasteiger partial charge on any atom is -0.345 e. The Labute approximate surface area is 163 Å². The lowest BCUT2D eigenvalue weighted by Crippen LogP contribution is -2.48. The van der Waals surface area contributed by atoms with E-state index in [-0.39, 0.29) is 11.5 Å². The standard InChI is InChI=1S/C20H20ClN5O/c21-18-6-7-23-19(12-18)24-14-17(13-22)20(27)26-10-8-25(9-11-26)15-16-4-2-1-3-5-16/h1-7,12,14H,8-11,15H2,(H,23,24)/b17-14-. The monoisotopic (exact) mass is 381 g/mol. The molecule has 1 amide bonds. The van der Waals surface area contributed by atoms with Gasteiger partial charge in [-0.2, -0.15) is 5.26 Å². The number of nitrogens with one attached hydrogen (secondary N) is 1. The number of hydrogen-bond donors (Lipinski definition) is 1. The summed E-state index contributed by atoms with van der Waals surface area (Å²) in [4.78, 5) is 20.7. The van der Waals surface area contributed by atoms with E-state index in [2.05, 4.69) is 27.3 Å². The molecule has 1 aromatic heterocycles. The summed E-state index contributed by atoms with van der Waals surface area (Å²) >= 11 is 5.90. The van der Waals surface area contributed by atoms with E-state index in [9.17, 15) is 10.1 Å². The van der Waals surface area contributed by atoms with Gasteiger partial charge in [-0.25, -0.2) is 4.98 Å². The summed E-state index contributed by atoms with van der Waals surface area (Å²) in [5, 5.41) is 12.7. The Kier molecular flexibility index (Phi) is 6.42. The second-order valence-corrected chi connectivity index (χ2v) is 6.66. The van der Waals surface area contributed by atoms with Crippen molar-refractivity contribution >= 4 is 23.3 Å². The smallest absolute Gasteiger partial charge is 0.266 e. The van der Waals surface area contributed by atoms with Crippen LogP contribution in [-0.2, 0) is 11.3 Å². The van der Waals surface area contributed by atoms with Crippen molar-refractivity contribution in [3.63, 3.8) is 0 Å². The molecule has 1 aliphatic heterocycles. The number of rotatable bonds is 5. The Hall–Kier alpha value is -2.88. The number of hydrogen-bond acceptors (Lipinski definition) is 5. The van der Waals surface area contributed by atoms with E-state index in [0.717, 1.165) is 19.6 Å².